The van der Waals surface area contributed by atoms with Gasteiger partial charge in [-0.3, -0.25) is 4.79 Å². The number of thiophene rings is 1. The van der Waals surface area contributed by atoms with E-state index in [1.54, 1.807) is 0 Å². The summed E-state index contributed by atoms with van der Waals surface area (Å²) in [7, 11) is 2.83. The lowest BCUT2D eigenvalue weighted by Gasteiger charge is -2.05. The number of nitrogens with one attached hydrogen (secondary N) is 2. The van der Waals surface area contributed by atoms with Crippen LogP contribution in [0.1, 0.15) is 39.8 Å². The Morgan fingerprint density at radius 3 is 2.70 bits per heavy atom. The second-order valence-electron chi connectivity index (χ2n) is 4.77. The lowest BCUT2D eigenvalue weighted by atomic mass is 10.2. The predicted molar refractivity (Wildman–Crippen MR) is 79.3 cm³/mol. The molecular weight excluding hydrogens is 278 g/mol. The van der Waals surface area contributed by atoms with Crippen LogP contribution in [0.15, 0.2) is 0 Å². The highest BCUT2D eigenvalue weighted by Gasteiger charge is 2.37. The Hall–Kier alpha value is -1.76. The number of rotatable bonds is 5. The number of nitrogens with two attached hydrogens (primary N) is 1. The van der Waals surface area contributed by atoms with Gasteiger partial charge in [-0.25, -0.2) is 4.79 Å². The van der Waals surface area contributed by atoms with Crippen LogP contribution in [0.25, 0.3) is 0 Å². The fourth-order valence-corrected chi connectivity index (χ4v) is 3.29. The fourth-order valence-electron chi connectivity index (χ4n) is 2.18. The minimum Gasteiger partial charge on any atom is -0.465 e. The van der Waals surface area contributed by atoms with Gasteiger partial charge in [-0.15, -0.1) is 11.3 Å². The summed E-state index contributed by atoms with van der Waals surface area (Å²) in [6.45, 7) is 2.13. The monoisotopic (exact) mass is 297 g/mol. The van der Waals surface area contributed by atoms with Gasteiger partial charge in [0.1, 0.15) is 15.4 Å². The van der Waals surface area contributed by atoms with Crippen LogP contribution in [0.3, 0.4) is 0 Å². The lowest BCUT2D eigenvalue weighted by Crippen LogP contribution is -2.18. The first-order valence-electron chi connectivity index (χ1n) is 6.52. The topological polar surface area (TPSA) is 93.5 Å². The van der Waals surface area contributed by atoms with Gasteiger partial charge in [0.25, 0.3) is 5.91 Å². The average molecular weight is 297 g/mol. The normalized spacial score (nSPS) is 20.4. The van der Waals surface area contributed by atoms with Gasteiger partial charge in [-0.1, -0.05) is 13.3 Å². The molecular formula is C13H19N3O3S. The molecule has 0 aromatic carbocycles. The maximum absolute atomic E-state index is 11.9. The molecule has 7 heteroatoms. The van der Waals surface area contributed by atoms with Crippen LogP contribution in [0.2, 0.25) is 0 Å². The number of amides is 1. The van der Waals surface area contributed by atoms with Crippen LogP contribution in [-0.4, -0.2) is 32.1 Å². The van der Waals surface area contributed by atoms with Crippen molar-refractivity contribution in [2.24, 2.45) is 5.92 Å². The summed E-state index contributed by atoms with van der Waals surface area (Å²) in [5, 5.41) is 6.44. The molecule has 4 N–H and O–H groups in total. The summed E-state index contributed by atoms with van der Waals surface area (Å²) in [4.78, 5) is 24.0. The molecule has 0 bridgehead atoms. The Balaban J connectivity index is 2.33. The number of nitrogen functional groups attached to an aromatic ring is 1. The third kappa shape index (κ3) is 2.58. The largest absolute Gasteiger partial charge is 0.465 e. The van der Waals surface area contributed by atoms with Gasteiger partial charge in [-0.2, -0.15) is 0 Å². The number of anilines is 2. The minimum atomic E-state index is -0.523. The molecule has 1 aromatic heterocycles. The first-order valence-corrected chi connectivity index (χ1v) is 7.34. The minimum absolute atomic E-state index is 0.178. The third-order valence-corrected chi connectivity index (χ3v) is 4.67. The van der Waals surface area contributed by atoms with Crippen molar-refractivity contribution in [3.05, 3.63) is 10.4 Å². The second-order valence-corrected chi connectivity index (χ2v) is 5.80. The van der Waals surface area contributed by atoms with Gasteiger partial charge < -0.3 is 21.1 Å². The fraction of sp³-hybridized carbons (Fsp3) is 0.538. The highest BCUT2D eigenvalue weighted by molar-refractivity contribution is 7.19. The summed E-state index contributed by atoms with van der Waals surface area (Å²) in [6, 6.07) is 0.346. The second kappa shape index (κ2) is 5.70. The number of hydrogen-bond donors (Lipinski definition) is 3. The zero-order valence-corrected chi connectivity index (χ0v) is 12.6. The summed E-state index contributed by atoms with van der Waals surface area (Å²) < 4.78 is 4.76. The molecule has 2 rings (SSSR count). The molecule has 20 heavy (non-hydrogen) atoms. The molecule has 0 spiro atoms. The Morgan fingerprint density at radius 1 is 1.50 bits per heavy atom. The van der Waals surface area contributed by atoms with Gasteiger partial charge in [0, 0.05) is 13.1 Å². The summed E-state index contributed by atoms with van der Waals surface area (Å²) >= 11 is 1.19. The van der Waals surface area contributed by atoms with E-state index in [-0.39, 0.29) is 17.2 Å². The smallest absolute Gasteiger partial charge is 0.343 e. The molecule has 2 atom stereocenters. The molecule has 1 fully saturated rings. The van der Waals surface area contributed by atoms with Gasteiger partial charge in [0.2, 0.25) is 0 Å². The molecule has 2 unspecified atom stereocenters. The van der Waals surface area contributed by atoms with Crippen molar-refractivity contribution in [3.8, 4) is 0 Å². The van der Waals surface area contributed by atoms with Crippen molar-refractivity contribution in [1.82, 2.24) is 5.32 Å². The Kier molecular flexibility index (Phi) is 4.17. The number of methoxy groups -OCH3 is 1. The molecule has 1 saturated carbocycles. The Morgan fingerprint density at radius 2 is 2.20 bits per heavy atom. The highest BCUT2D eigenvalue weighted by Crippen LogP contribution is 2.42. The van der Waals surface area contributed by atoms with E-state index >= 15 is 0 Å². The molecule has 1 heterocycles. The Bertz CT molecular complexity index is 541. The van der Waals surface area contributed by atoms with Crippen LogP contribution in [0, 0.1) is 5.92 Å². The van der Waals surface area contributed by atoms with Gasteiger partial charge >= 0.3 is 5.97 Å². The number of carbonyl (C=O) groups is 2. The third-order valence-electron chi connectivity index (χ3n) is 3.53. The van der Waals surface area contributed by atoms with Crippen molar-refractivity contribution in [2.45, 2.75) is 25.8 Å². The van der Waals surface area contributed by atoms with Gasteiger partial charge in [0.15, 0.2) is 0 Å². The molecule has 0 radical (unpaired) electrons. The first-order chi connectivity index (χ1) is 9.53. The van der Waals surface area contributed by atoms with E-state index in [1.165, 1.54) is 25.5 Å². The Labute approximate surface area is 121 Å². The zero-order valence-electron chi connectivity index (χ0n) is 11.8. The van der Waals surface area contributed by atoms with E-state index in [1.807, 2.05) is 0 Å². The van der Waals surface area contributed by atoms with Crippen molar-refractivity contribution in [3.63, 3.8) is 0 Å². The summed E-state index contributed by atoms with van der Waals surface area (Å²) in [6.07, 6.45) is 2.17. The quantitative estimate of drug-likeness (QED) is 0.719. The van der Waals surface area contributed by atoms with Crippen LogP contribution >= 0.6 is 11.3 Å². The SMILES string of the molecule is CCC1CC1Nc1sc(C(=O)NC)c(N)c1C(=O)OC. The molecule has 6 nitrogen and oxygen atoms in total. The molecule has 1 aliphatic rings. The molecule has 110 valence electrons. The van der Waals surface area contributed by atoms with E-state index in [0.29, 0.717) is 21.8 Å². The van der Waals surface area contributed by atoms with Crippen molar-refractivity contribution in [1.29, 1.82) is 0 Å². The number of esters is 1. The van der Waals surface area contributed by atoms with E-state index in [2.05, 4.69) is 17.6 Å². The number of ether oxygens (including phenoxy) is 1. The van der Waals surface area contributed by atoms with Crippen molar-refractivity contribution in [2.75, 3.05) is 25.2 Å². The van der Waals surface area contributed by atoms with Crippen LogP contribution in [-0.2, 0) is 4.74 Å². The van der Waals surface area contributed by atoms with E-state index in [0.717, 1.165) is 12.8 Å². The van der Waals surface area contributed by atoms with Crippen LogP contribution < -0.4 is 16.4 Å². The van der Waals surface area contributed by atoms with Gasteiger partial charge in [-0.05, 0) is 12.3 Å². The van der Waals surface area contributed by atoms with Crippen LogP contribution in [0.5, 0.6) is 0 Å². The predicted octanol–water partition coefficient (Wildman–Crippen LogP) is 1.69. The van der Waals surface area contributed by atoms with E-state index in [4.69, 9.17) is 10.5 Å². The lowest BCUT2D eigenvalue weighted by molar-refractivity contribution is 0.0603. The maximum Gasteiger partial charge on any atom is 0.343 e. The zero-order chi connectivity index (χ0) is 14.9. The van der Waals surface area contributed by atoms with Crippen LogP contribution in [0.4, 0.5) is 10.7 Å². The number of carbonyl (C=O) groups excluding carboxylic acids is 2. The van der Waals surface area contributed by atoms with E-state index in [9.17, 15) is 9.59 Å². The summed E-state index contributed by atoms with van der Waals surface area (Å²) in [5.41, 5.74) is 6.37. The molecule has 0 saturated heterocycles. The average Bonchev–Trinajstić information content (AvgIpc) is 3.13. The standard InChI is InChI=1S/C13H19N3O3S/c1-4-6-5-7(6)16-12-8(13(18)19-3)9(14)10(20-12)11(17)15-2/h6-7,16H,4-5,14H2,1-3H3,(H,15,17). The summed E-state index contributed by atoms with van der Waals surface area (Å²) in [5.74, 6) is -0.203. The van der Waals surface area contributed by atoms with Crippen molar-refractivity contribution < 1.29 is 14.3 Å². The van der Waals surface area contributed by atoms with Gasteiger partial charge in [0.05, 0.1) is 12.8 Å². The highest BCUT2D eigenvalue weighted by atomic mass is 32.1. The first kappa shape index (κ1) is 14.6. The molecule has 1 amide bonds. The molecule has 1 aliphatic carbocycles. The van der Waals surface area contributed by atoms with Crippen molar-refractivity contribution >= 4 is 33.9 Å². The molecule has 1 aromatic rings. The molecule has 0 aliphatic heterocycles. The maximum atomic E-state index is 11.9. The van der Waals surface area contributed by atoms with E-state index < -0.39 is 5.97 Å². The number of hydrogen-bond acceptors (Lipinski definition) is 6.